The molecular weight excluding hydrogens is 364 g/mol. The first-order valence-electron chi connectivity index (χ1n) is 5.00. The summed E-state index contributed by atoms with van der Waals surface area (Å²) >= 11 is 10.2. The lowest BCUT2D eigenvalue weighted by Crippen LogP contribution is -2.07. The van der Waals surface area contributed by atoms with Crippen LogP contribution in [-0.2, 0) is 6.54 Å². The Hall–Kier alpha value is -0.990. The normalized spacial score (nSPS) is 10.8. The highest BCUT2D eigenvalue weighted by atomic mass is 79.9. The molecule has 0 saturated heterocycles. The fourth-order valence-corrected chi connectivity index (χ4v) is 2.70. The number of ether oxygens (including phenoxy) is 1. The van der Waals surface area contributed by atoms with E-state index in [-0.39, 0.29) is 5.75 Å². The molecule has 0 aliphatic heterocycles. The topological polar surface area (TPSA) is 47.0 Å². The molecule has 9 heteroatoms. The summed E-state index contributed by atoms with van der Waals surface area (Å²) in [4.78, 5) is 0. The maximum Gasteiger partial charge on any atom is 0.387 e. The van der Waals surface area contributed by atoms with Crippen LogP contribution in [0.2, 0.25) is 5.02 Å². The molecule has 4 nitrogen and oxygen atoms in total. The van der Waals surface area contributed by atoms with Gasteiger partial charge in [-0.3, -0.25) is 0 Å². The van der Waals surface area contributed by atoms with Crippen LogP contribution in [0.1, 0.15) is 5.69 Å². The predicted octanol–water partition coefficient (Wildman–Crippen LogP) is 4.17. The Kier molecular flexibility index (Phi) is 4.89. The van der Waals surface area contributed by atoms with Crippen LogP contribution in [0, 0.1) is 0 Å². The molecule has 0 unspecified atom stereocenters. The molecule has 0 amide bonds. The maximum absolute atomic E-state index is 12.4. The van der Waals surface area contributed by atoms with Crippen LogP contribution in [-0.4, -0.2) is 16.2 Å². The molecule has 0 radical (unpaired) electrons. The van der Waals surface area contributed by atoms with Crippen molar-refractivity contribution in [1.82, 2.24) is 9.59 Å². The van der Waals surface area contributed by atoms with Crippen LogP contribution in [0.15, 0.2) is 22.0 Å². The van der Waals surface area contributed by atoms with E-state index in [4.69, 9.17) is 11.6 Å². The first-order chi connectivity index (χ1) is 9.06. The second-order valence-electron chi connectivity index (χ2n) is 3.39. The molecule has 0 atom stereocenters. The summed E-state index contributed by atoms with van der Waals surface area (Å²) in [7, 11) is 0. The lowest BCUT2D eigenvalue weighted by atomic mass is 10.3. The zero-order valence-electron chi connectivity index (χ0n) is 9.24. The molecular formula is C10H7BrClF2N3OS. The van der Waals surface area contributed by atoms with E-state index in [1.807, 2.05) is 0 Å². The second kappa shape index (κ2) is 6.44. The van der Waals surface area contributed by atoms with Crippen molar-refractivity contribution in [3.63, 3.8) is 0 Å². The van der Waals surface area contributed by atoms with Gasteiger partial charge in [-0.25, -0.2) is 0 Å². The van der Waals surface area contributed by atoms with Crippen molar-refractivity contribution >= 4 is 44.8 Å². The molecule has 0 bridgehead atoms. The molecule has 102 valence electrons. The predicted molar refractivity (Wildman–Crippen MR) is 73.0 cm³/mol. The summed E-state index contributed by atoms with van der Waals surface area (Å²) in [5.41, 5.74) is 1.05. The highest BCUT2D eigenvalue weighted by molar-refractivity contribution is 9.10. The number of halogens is 4. The van der Waals surface area contributed by atoms with Gasteiger partial charge >= 0.3 is 6.61 Å². The van der Waals surface area contributed by atoms with Crippen molar-refractivity contribution in [2.75, 3.05) is 5.32 Å². The van der Waals surface area contributed by atoms with Crippen LogP contribution in [0.4, 0.5) is 14.5 Å². The Balaban J connectivity index is 2.21. The van der Waals surface area contributed by atoms with E-state index >= 15 is 0 Å². The summed E-state index contributed by atoms with van der Waals surface area (Å²) in [5.74, 6) is 0.00240. The number of aromatic nitrogens is 2. The molecule has 1 N–H and O–H groups in total. The van der Waals surface area contributed by atoms with Gasteiger partial charge in [0.1, 0.15) is 0 Å². The summed E-state index contributed by atoms with van der Waals surface area (Å²) in [6, 6.07) is 2.98. The van der Waals surface area contributed by atoms with Gasteiger partial charge in [-0.1, -0.05) is 16.1 Å². The van der Waals surface area contributed by atoms with Crippen molar-refractivity contribution in [3.8, 4) is 5.75 Å². The molecule has 0 spiro atoms. The molecule has 2 rings (SSSR count). The summed E-state index contributed by atoms with van der Waals surface area (Å²) in [6.45, 7) is -2.58. The summed E-state index contributed by atoms with van der Waals surface area (Å²) < 4.78 is 33.3. The first kappa shape index (κ1) is 14.4. The van der Waals surface area contributed by atoms with E-state index in [2.05, 4.69) is 35.6 Å². The SMILES string of the molecule is FC(F)Oc1c(Br)cc(Cl)cc1NCc1csnn1. The van der Waals surface area contributed by atoms with Crippen molar-refractivity contribution in [2.45, 2.75) is 13.2 Å². The molecule has 1 heterocycles. The number of hydrogen-bond acceptors (Lipinski definition) is 5. The Labute approximate surface area is 125 Å². The van der Waals surface area contributed by atoms with Gasteiger partial charge in [0, 0.05) is 10.4 Å². The minimum atomic E-state index is -2.92. The lowest BCUT2D eigenvalue weighted by Gasteiger charge is -2.14. The number of alkyl halides is 2. The van der Waals surface area contributed by atoms with Crippen LogP contribution < -0.4 is 10.1 Å². The third-order valence-corrected chi connectivity index (χ3v) is 3.44. The van der Waals surface area contributed by atoms with E-state index in [0.717, 1.165) is 0 Å². The molecule has 0 saturated carbocycles. The van der Waals surface area contributed by atoms with Crippen LogP contribution in [0.3, 0.4) is 0 Å². The molecule has 0 aliphatic carbocycles. The van der Waals surface area contributed by atoms with Crippen molar-refractivity contribution in [2.24, 2.45) is 0 Å². The van der Waals surface area contributed by atoms with Gasteiger partial charge in [-0.2, -0.15) is 8.78 Å². The van der Waals surface area contributed by atoms with Crippen LogP contribution in [0.25, 0.3) is 0 Å². The highest BCUT2D eigenvalue weighted by Gasteiger charge is 2.15. The number of anilines is 1. The quantitative estimate of drug-likeness (QED) is 0.858. The molecule has 2 aromatic rings. The number of nitrogens with one attached hydrogen (secondary N) is 1. The average Bonchev–Trinajstić information content (AvgIpc) is 2.83. The van der Waals surface area contributed by atoms with Gasteiger partial charge in [0.25, 0.3) is 0 Å². The number of hydrogen-bond donors (Lipinski definition) is 1. The minimum absolute atomic E-state index is 0.00240. The van der Waals surface area contributed by atoms with Gasteiger partial charge in [0.05, 0.1) is 22.4 Å². The van der Waals surface area contributed by atoms with E-state index < -0.39 is 6.61 Å². The number of benzene rings is 1. The Morgan fingerprint density at radius 2 is 2.26 bits per heavy atom. The van der Waals surface area contributed by atoms with E-state index in [1.165, 1.54) is 23.7 Å². The molecule has 1 aromatic carbocycles. The first-order valence-corrected chi connectivity index (χ1v) is 7.00. The average molecular weight is 371 g/mol. The fraction of sp³-hybridized carbons (Fsp3) is 0.200. The summed E-state index contributed by atoms with van der Waals surface area (Å²) in [5, 5.41) is 8.92. The largest absolute Gasteiger partial charge is 0.431 e. The molecule has 1 aromatic heterocycles. The third kappa shape index (κ3) is 3.99. The monoisotopic (exact) mass is 369 g/mol. The Bertz CT molecular complexity index is 556. The van der Waals surface area contributed by atoms with E-state index in [9.17, 15) is 8.78 Å². The van der Waals surface area contributed by atoms with E-state index in [0.29, 0.717) is 27.4 Å². The Morgan fingerprint density at radius 1 is 1.47 bits per heavy atom. The minimum Gasteiger partial charge on any atom is -0.431 e. The molecule has 0 aliphatic rings. The molecule has 19 heavy (non-hydrogen) atoms. The maximum atomic E-state index is 12.4. The van der Waals surface area contributed by atoms with Crippen molar-refractivity contribution in [3.05, 3.63) is 32.7 Å². The number of rotatable bonds is 5. The highest BCUT2D eigenvalue weighted by Crippen LogP contribution is 2.37. The smallest absolute Gasteiger partial charge is 0.387 e. The van der Waals surface area contributed by atoms with Gasteiger partial charge in [0.15, 0.2) is 5.75 Å². The van der Waals surface area contributed by atoms with Crippen LogP contribution >= 0.6 is 39.1 Å². The van der Waals surface area contributed by atoms with E-state index in [1.54, 1.807) is 5.38 Å². The standard InChI is InChI=1S/C10H7BrClF2N3OS/c11-7-1-5(12)2-8(9(7)18-10(13)14)15-3-6-4-19-17-16-6/h1-2,4,10,15H,3H2. The third-order valence-electron chi connectivity index (χ3n) is 2.08. The zero-order valence-corrected chi connectivity index (χ0v) is 12.4. The lowest BCUT2D eigenvalue weighted by molar-refractivity contribution is -0.0498. The van der Waals surface area contributed by atoms with Gasteiger partial charge in [-0.15, -0.1) is 5.10 Å². The summed E-state index contributed by atoms with van der Waals surface area (Å²) in [6.07, 6.45) is 0. The van der Waals surface area contributed by atoms with Crippen molar-refractivity contribution in [1.29, 1.82) is 0 Å². The molecule has 0 fully saturated rings. The fourth-order valence-electron chi connectivity index (χ4n) is 1.35. The van der Waals surface area contributed by atoms with Crippen LogP contribution in [0.5, 0.6) is 5.75 Å². The van der Waals surface area contributed by atoms with Gasteiger partial charge in [-0.05, 0) is 39.6 Å². The van der Waals surface area contributed by atoms with Crippen molar-refractivity contribution < 1.29 is 13.5 Å². The number of nitrogens with zero attached hydrogens (tertiary/aromatic N) is 2. The zero-order chi connectivity index (χ0) is 13.8. The van der Waals surface area contributed by atoms with Gasteiger partial charge < -0.3 is 10.1 Å². The Morgan fingerprint density at radius 3 is 2.89 bits per heavy atom. The second-order valence-corrected chi connectivity index (χ2v) is 5.29. The van der Waals surface area contributed by atoms with Gasteiger partial charge in [0.2, 0.25) is 0 Å².